The number of aryl methyl sites for hydroxylation is 3. The fourth-order valence-corrected chi connectivity index (χ4v) is 5.65. The molecule has 35 heavy (non-hydrogen) atoms. The lowest BCUT2D eigenvalue weighted by Crippen LogP contribution is -2.31. The molecule has 0 radical (unpaired) electrons. The first-order chi connectivity index (χ1) is 16.7. The molecule has 0 aliphatic rings. The molecule has 7 heteroatoms. The molecule has 1 N–H and O–H groups in total. The summed E-state index contributed by atoms with van der Waals surface area (Å²) in [5.41, 5.74) is 5.89. The van der Waals surface area contributed by atoms with Crippen LogP contribution in [0.3, 0.4) is 0 Å². The Morgan fingerprint density at radius 2 is 1.40 bits per heavy atom. The normalized spacial score (nSPS) is 12.3. The molecule has 178 valence electrons. The van der Waals surface area contributed by atoms with E-state index >= 15 is 0 Å². The Morgan fingerprint density at radius 3 is 2.09 bits per heavy atom. The van der Waals surface area contributed by atoms with Crippen LogP contribution in [0.15, 0.2) is 95.9 Å². The van der Waals surface area contributed by atoms with E-state index in [0.717, 1.165) is 38.9 Å². The van der Waals surface area contributed by atoms with Crippen molar-refractivity contribution in [2.24, 2.45) is 0 Å². The third-order valence-electron chi connectivity index (χ3n) is 6.10. The Bertz CT molecular complexity index is 1500. The summed E-state index contributed by atoms with van der Waals surface area (Å²) in [6, 6.07) is 26.1. The fourth-order valence-electron chi connectivity index (χ4n) is 4.29. The van der Waals surface area contributed by atoms with Crippen LogP contribution in [0.1, 0.15) is 33.9 Å². The second-order valence-corrected chi connectivity index (χ2v) is 10.2. The lowest BCUT2D eigenvalue weighted by Gasteiger charge is -2.26. The fraction of sp³-hybridized carbons (Fsp3) is 0.143. The zero-order valence-corrected chi connectivity index (χ0v) is 20.5. The highest BCUT2D eigenvalue weighted by molar-refractivity contribution is 7.89. The van der Waals surface area contributed by atoms with Crippen molar-refractivity contribution >= 4 is 15.7 Å². The van der Waals surface area contributed by atoms with Crippen LogP contribution in [0.25, 0.3) is 11.1 Å². The van der Waals surface area contributed by atoms with Gasteiger partial charge in [0.05, 0.1) is 11.0 Å². The van der Waals surface area contributed by atoms with Crippen molar-refractivity contribution in [3.63, 3.8) is 0 Å². The maximum absolute atomic E-state index is 13.6. The quantitative estimate of drug-likeness (QED) is 0.247. The molecule has 0 fully saturated rings. The number of nitro groups is 1. The van der Waals surface area contributed by atoms with Crippen molar-refractivity contribution in [1.29, 1.82) is 0 Å². The third-order valence-corrected chi connectivity index (χ3v) is 7.57. The monoisotopic (exact) mass is 486 g/mol. The van der Waals surface area contributed by atoms with Gasteiger partial charge in [0.1, 0.15) is 0 Å². The van der Waals surface area contributed by atoms with E-state index in [1.807, 2.05) is 87.5 Å². The van der Waals surface area contributed by atoms with Crippen LogP contribution < -0.4 is 4.72 Å². The number of nitrogens with one attached hydrogen (secondary N) is 1. The molecule has 0 aliphatic carbocycles. The van der Waals surface area contributed by atoms with Crippen molar-refractivity contribution in [2.45, 2.75) is 31.7 Å². The van der Waals surface area contributed by atoms with Gasteiger partial charge in [0.15, 0.2) is 4.90 Å². The van der Waals surface area contributed by atoms with E-state index in [2.05, 4.69) is 4.72 Å². The van der Waals surface area contributed by atoms with Gasteiger partial charge in [-0.3, -0.25) is 10.1 Å². The molecule has 0 saturated heterocycles. The zero-order valence-electron chi connectivity index (χ0n) is 19.7. The molecule has 0 bridgehead atoms. The molecule has 0 spiro atoms. The lowest BCUT2D eigenvalue weighted by atomic mass is 9.87. The Labute approximate surface area is 205 Å². The predicted molar refractivity (Wildman–Crippen MR) is 138 cm³/mol. The largest absolute Gasteiger partial charge is 0.289 e. The predicted octanol–water partition coefficient (Wildman–Crippen LogP) is 6.25. The molecule has 0 heterocycles. The molecule has 6 nitrogen and oxygen atoms in total. The van der Waals surface area contributed by atoms with E-state index in [-0.39, 0.29) is 4.90 Å². The maximum Gasteiger partial charge on any atom is 0.289 e. The summed E-state index contributed by atoms with van der Waals surface area (Å²) in [4.78, 5) is 10.5. The summed E-state index contributed by atoms with van der Waals surface area (Å²) < 4.78 is 30.0. The minimum Gasteiger partial charge on any atom is -0.258 e. The van der Waals surface area contributed by atoms with Crippen molar-refractivity contribution in [3.05, 3.63) is 129 Å². The van der Waals surface area contributed by atoms with Gasteiger partial charge in [-0.25, -0.2) is 8.42 Å². The molecule has 0 aromatic heterocycles. The molecule has 1 atom stereocenters. The smallest absolute Gasteiger partial charge is 0.258 e. The van der Waals surface area contributed by atoms with Crippen LogP contribution in [0.5, 0.6) is 0 Å². The molecule has 0 amide bonds. The zero-order chi connectivity index (χ0) is 25.2. The van der Waals surface area contributed by atoms with Gasteiger partial charge in [-0.15, -0.1) is 0 Å². The number of hydrogen-bond acceptors (Lipinski definition) is 4. The summed E-state index contributed by atoms with van der Waals surface area (Å²) in [7, 11) is -4.26. The van der Waals surface area contributed by atoms with Crippen molar-refractivity contribution in [1.82, 2.24) is 4.72 Å². The van der Waals surface area contributed by atoms with E-state index < -0.39 is 26.7 Å². The van der Waals surface area contributed by atoms with Crippen LogP contribution in [0, 0.1) is 30.9 Å². The Kier molecular flexibility index (Phi) is 6.82. The van der Waals surface area contributed by atoms with Crippen LogP contribution in [0.4, 0.5) is 5.69 Å². The van der Waals surface area contributed by atoms with Gasteiger partial charge in [0, 0.05) is 6.07 Å². The van der Waals surface area contributed by atoms with Crippen LogP contribution >= 0.6 is 0 Å². The highest BCUT2D eigenvalue weighted by atomic mass is 32.2. The summed E-state index contributed by atoms with van der Waals surface area (Å²) >= 11 is 0. The Balaban J connectivity index is 1.94. The average Bonchev–Trinajstić information content (AvgIpc) is 2.83. The van der Waals surface area contributed by atoms with E-state index in [1.165, 1.54) is 24.3 Å². The first kappa shape index (κ1) is 24.3. The third kappa shape index (κ3) is 5.01. The minimum atomic E-state index is -4.26. The Hall–Kier alpha value is -3.81. The second kappa shape index (κ2) is 9.82. The first-order valence-electron chi connectivity index (χ1n) is 11.2. The van der Waals surface area contributed by atoms with E-state index in [4.69, 9.17) is 0 Å². The first-order valence-corrected chi connectivity index (χ1v) is 12.6. The van der Waals surface area contributed by atoms with E-state index in [1.54, 1.807) is 0 Å². The number of nitro benzene ring substituents is 1. The molecular formula is C28H26N2O4S. The van der Waals surface area contributed by atoms with Gasteiger partial charge in [-0.2, -0.15) is 4.72 Å². The van der Waals surface area contributed by atoms with Crippen LogP contribution in [0.2, 0.25) is 0 Å². The minimum absolute atomic E-state index is 0.367. The lowest BCUT2D eigenvalue weighted by molar-refractivity contribution is -0.387. The van der Waals surface area contributed by atoms with E-state index in [0.29, 0.717) is 0 Å². The van der Waals surface area contributed by atoms with Gasteiger partial charge < -0.3 is 0 Å². The van der Waals surface area contributed by atoms with Gasteiger partial charge >= 0.3 is 0 Å². The molecule has 4 aromatic rings. The highest BCUT2D eigenvalue weighted by Gasteiger charge is 2.31. The summed E-state index contributed by atoms with van der Waals surface area (Å²) in [5, 5.41) is 11.6. The SMILES string of the molecule is Cc1ccc(-c2cccc(C)c2C(NS(=O)(=O)c2ccccc2[N+](=O)[O-])c2ccccc2C)cc1. The van der Waals surface area contributed by atoms with Crippen molar-refractivity contribution < 1.29 is 13.3 Å². The second-order valence-electron chi connectivity index (χ2n) is 8.54. The highest BCUT2D eigenvalue weighted by Crippen LogP contribution is 2.37. The molecular weight excluding hydrogens is 460 g/mol. The van der Waals surface area contributed by atoms with Crippen LogP contribution in [-0.2, 0) is 10.0 Å². The van der Waals surface area contributed by atoms with Crippen molar-refractivity contribution in [2.75, 3.05) is 0 Å². The topological polar surface area (TPSA) is 89.3 Å². The van der Waals surface area contributed by atoms with Crippen LogP contribution in [-0.4, -0.2) is 13.3 Å². The van der Waals surface area contributed by atoms with Gasteiger partial charge in [0.2, 0.25) is 10.0 Å². The maximum atomic E-state index is 13.6. The number of sulfonamides is 1. The van der Waals surface area contributed by atoms with Gasteiger partial charge in [-0.1, -0.05) is 84.4 Å². The molecule has 4 rings (SSSR count). The molecule has 0 saturated carbocycles. The summed E-state index contributed by atoms with van der Waals surface area (Å²) in [5.74, 6) is 0. The Morgan fingerprint density at radius 1 is 0.771 bits per heavy atom. The number of nitrogens with zero attached hydrogens (tertiary/aromatic N) is 1. The van der Waals surface area contributed by atoms with Gasteiger partial charge in [-0.05, 0) is 60.2 Å². The molecule has 1 unspecified atom stereocenters. The average molecular weight is 487 g/mol. The van der Waals surface area contributed by atoms with Crippen molar-refractivity contribution in [3.8, 4) is 11.1 Å². The summed E-state index contributed by atoms with van der Waals surface area (Å²) in [6.45, 7) is 5.88. The van der Waals surface area contributed by atoms with E-state index in [9.17, 15) is 18.5 Å². The standard InChI is InChI=1S/C28H26N2O4S/c1-19-15-17-22(18-16-19)24-12-8-10-21(3)27(24)28(23-11-5-4-9-20(23)2)29-35(33,34)26-14-7-6-13-25(26)30(31)32/h4-18,28-29H,1-3H3. The number of rotatable bonds is 7. The number of hydrogen-bond donors (Lipinski definition) is 1. The summed E-state index contributed by atoms with van der Waals surface area (Å²) in [6.07, 6.45) is 0. The van der Waals surface area contributed by atoms with Gasteiger partial charge in [0.25, 0.3) is 5.69 Å². The number of benzene rings is 4. The molecule has 4 aromatic carbocycles. The molecule has 0 aliphatic heterocycles. The number of para-hydroxylation sites is 1.